The van der Waals surface area contributed by atoms with Crippen molar-refractivity contribution in [3.8, 4) is 5.75 Å². The molecule has 0 fully saturated rings. The van der Waals surface area contributed by atoms with E-state index in [9.17, 15) is 4.39 Å². The zero-order valence-electron chi connectivity index (χ0n) is 11.4. The Morgan fingerprint density at radius 2 is 1.90 bits per heavy atom. The molecule has 0 aliphatic carbocycles. The maximum atomic E-state index is 13.4. The number of benzene rings is 2. The first kappa shape index (κ1) is 13.4. The number of para-hydroxylation sites is 1. The van der Waals surface area contributed by atoms with Gasteiger partial charge in [-0.1, -0.05) is 36.3 Å². The van der Waals surface area contributed by atoms with Gasteiger partial charge in [-0.05, 0) is 29.7 Å². The van der Waals surface area contributed by atoms with E-state index in [1.54, 1.807) is 18.2 Å². The summed E-state index contributed by atoms with van der Waals surface area (Å²) in [5.41, 5.74) is 1.50. The molecule has 0 unspecified atom stereocenters. The Bertz CT molecular complexity index is 785. The van der Waals surface area contributed by atoms with Gasteiger partial charge in [-0.15, -0.1) is 6.58 Å². The molecule has 3 rings (SSSR count). The van der Waals surface area contributed by atoms with Crippen LogP contribution in [0.2, 0.25) is 0 Å². The van der Waals surface area contributed by atoms with Gasteiger partial charge in [0.2, 0.25) is 0 Å². The predicted octanol–water partition coefficient (Wildman–Crippen LogP) is 3.38. The van der Waals surface area contributed by atoms with Crippen molar-refractivity contribution in [2.45, 2.75) is 0 Å². The minimum Gasteiger partial charge on any atom is -0.550 e. The first-order valence-corrected chi connectivity index (χ1v) is 6.66. The van der Waals surface area contributed by atoms with Crippen molar-refractivity contribution in [1.29, 1.82) is 0 Å². The molecule has 0 aliphatic heterocycles. The fraction of sp³-hybridized carbons (Fsp3) is 0. The Morgan fingerprint density at radius 3 is 2.71 bits per heavy atom. The summed E-state index contributed by atoms with van der Waals surface area (Å²) in [6.07, 6.45) is 1.72. The zero-order chi connectivity index (χ0) is 14.7. The number of fused-ring (bicyclic) bond motifs is 1. The molecule has 0 saturated carbocycles. The topological polar surface area (TPSA) is 22.1 Å². The molecular formula is C17H13BFNO. The molecule has 1 aromatic heterocycles. The second-order valence-corrected chi connectivity index (χ2v) is 4.66. The predicted molar refractivity (Wildman–Crippen MR) is 84.4 cm³/mol. The molecule has 2 nitrogen and oxygen atoms in total. The average molecular weight is 277 g/mol. The van der Waals surface area contributed by atoms with E-state index in [1.165, 1.54) is 12.1 Å². The van der Waals surface area contributed by atoms with Gasteiger partial charge < -0.3 is 4.65 Å². The average Bonchev–Trinajstić information content (AvgIpc) is 2.52. The molecule has 21 heavy (non-hydrogen) atoms. The van der Waals surface area contributed by atoms with Gasteiger partial charge in [0.25, 0.3) is 0 Å². The summed E-state index contributed by atoms with van der Waals surface area (Å²) in [4.78, 5) is 4.35. The van der Waals surface area contributed by atoms with Gasteiger partial charge in [0.1, 0.15) is 17.1 Å². The van der Waals surface area contributed by atoms with E-state index in [0.717, 1.165) is 16.4 Å². The molecule has 0 spiro atoms. The largest absolute Gasteiger partial charge is 0.550 e. The summed E-state index contributed by atoms with van der Waals surface area (Å²) >= 11 is 0. The highest BCUT2D eigenvalue weighted by Gasteiger charge is 2.18. The van der Waals surface area contributed by atoms with Crippen molar-refractivity contribution >= 4 is 23.3 Å². The lowest BCUT2D eigenvalue weighted by Crippen LogP contribution is -2.35. The van der Waals surface area contributed by atoms with Crippen molar-refractivity contribution < 1.29 is 9.04 Å². The highest BCUT2D eigenvalue weighted by Crippen LogP contribution is 2.23. The lowest BCUT2D eigenvalue weighted by Gasteiger charge is -2.14. The van der Waals surface area contributed by atoms with Crippen LogP contribution in [-0.4, -0.2) is 11.9 Å². The second kappa shape index (κ2) is 5.79. The van der Waals surface area contributed by atoms with Crippen LogP contribution >= 0.6 is 0 Å². The fourth-order valence-corrected chi connectivity index (χ4v) is 2.24. The quantitative estimate of drug-likeness (QED) is 0.682. The van der Waals surface area contributed by atoms with Gasteiger partial charge in [0, 0.05) is 11.6 Å². The first-order chi connectivity index (χ1) is 10.3. The van der Waals surface area contributed by atoms with Crippen molar-refractivity contribution in [3.05, 3.63) is 79.2 Å². The number of pyridine rings is 1. The summed E-state index contributed by atoms with van der Waals surface area (Å²) in [6.45, 7) is 3.35. The molecule has 0 amide bonds. The monoisotopic (exact) mass is 277 g/mol. The number of hydrogen-bond acceptors (Lipinski definition) is 2. The van der Waals surface area contributed by atoms with Gasteiger partial charge in [-0.25, -0.2) is 4.39 Å². The molecule has 1 heterocycles. The Balaban J connectivity index is 1.98. The summed E-state index contributed by atoms with van der Waals surface area (Å²) in [5, 5.41) is 0.997. The van der Waals surface area contributed by atoms with Crippen LogP contribution < -0.4 is 10.1 Å². The number of aromatic nitrogens is 1. The summed E-state index contributed by atoms with van der Waals surface area (Å²) < 4.78 is 19.3. The van der Waals surface area contributed by atoms with Crippen LogP contribution in [0.4, 0.5) is 4.39 Å². The standard InChI is InChI=1S/C17H13BFNO/c1-2-18(14-8-4-9-15(19)12-14)21-16-10-3-6-13-7-5-11-20-17(13)16/h2-12H,1H2. The lowest BCUT2D eigenvalue weighted by atomic mass is 9.61. The van der Waals surface area contributed by atoms with Crippen LogP contribution in [0, 0.1) is 5.82 Å². The highest BCUT2D eigenvalue weighted by molar-refractivity contribution is 6.72. The van der Waals surface area contributed by atoms with Crippen molar-refractivity contribution in [1.82, 2.24) is 4.98 Å². The number of halogens is 1. The number of hydrogen-bond donors (Lipinski definition) is 0. The maximum absolute atomic E-state index is 13.4. The maximum Gasteiger partial charge on any atom is 0.418 e. The van der Waals surface area contributed by atoms with Gasteiger partial charge in [-0.2, -0.15) is 0 Å². The Labute approximate surface area is 123 Å². The number of rotatable bonds is 4. The zero-order valence-corrected chi connectivity index (χ0v) is 11.4. The Morgan fingerprint density at radius 1 is 1.10 bits per heavy atom. The minimum absolute atomic E-state index is 0.293. The van der Waals surface area contributed by atoms with Crippen molar-refractivity contribution in [2.24, 2.45) is 0 Å². The van der Waals surface area contributed by atoms with Gasteiger partial charge in [-0.3, -0.25) is 4.98 Å². The van der Waals surface area contributed by atoms with E-state index < -0.39 is 6.92 Å². The van der Waals surface area contributed by atoms with Gasteiger partial charge >= 0.3 is 6.92 Å². The molecule has 2 aromatic carbocycles. The molecule has 0 saturated heterocycles. The van der Waals surface area contributed by atoms with Gasteiger partial charge in [0.15, 0.2) is 0 Å². The molecular weight excluding hydrogens is 264 g/mol. The number of nitrogens with zero attached hydrogens (tertiary/aromatic N) is 1. The lowest BCUT2D eigenvalue weighted by molar-refractivity contribution is 0.594. The summed E-state index contributed by atoms with van der Waals surface area (Å²) in [5.74, 6) is 2.01. The first-order valence-electron chi connectivity index (χ1n) is 6.66. The van der Waals surface area contributed by atoms with E-state index in [2.05, 4.69) is 11.6 Å². The minimum atomic E-state index is -0.423. The van der Waals surface area contributed by atoms with E-state index >= 15 is 0 Å². The third-order valence-electron chi connectivity index (χ3n) is 3.24. The smallest absolute Gasteiger partial charge is 0.418 e. The molecule has 0 radical (unpaired) electrons. The molecule has 0 aliphatic rings. The fourth-order valence-electron chi connectivity index (χ4n) is 2.24. The molecule has 102 valence electrons. The summed E-state index contributed by atoms with van der Waals surface area (Å²) in [6, 6.07) is 15.9. The SMILES string of the molecule is C=CB(Oc1cccc2cccnc12)c1cccc(F)c1. The van der Waals surface area contributed by atoms with Crippen LogP contribution in [0.5, 0.6) is 5.75 Å². The van der Waals surface area contributed by atoms with Gasteiger partial charge in [0.05, 0.1) is 0 Å². The molecule has 3 aromatic rings. The van der Waals surface area contributed by atoms with Crippen LogP contribution in [0.15, 0.2) is 73.3 Å². The molecule has 0 bridgehead atoms. The van der Waals surface area contributed by atoms with Crippen molar-refractivity contribution in [2.75, 3.05) is 0 Å². The third-order valence-corrected chi connectivity index (χ3v) is 3.24. The molecule has 4 heteroatoms. The van der Waals surface area contributed by atoms with Crippen LogP contribution in [0.3, 0.4) is 0 Å². The van der Waals surface area contributed by atoms with E-state index in [4.69, 9.17) is 4.65 Å². The normalized spacial score (nSPS) is 10.3. The third kappa shape index (κ3) is 2.79. The van der Waals surface area contributed by atoms with E-state index in [0.29, 0.717) is 5.75 Å². The second-order valence-electron chi connectivity index (χ2n) is 4.66. The van der Waals surface area contributed by atoms with Crippen LogP contribution in [0.25, 0.3) is 10.9 Å². The molecule has 0 atom stereocenters. The van der Waals surface area contributed by atoms with E-state index in [1.807, 2.05) is 36.4 Å². The molecule has 0 N–H and O–H groups in total. The van der Waals surface area contributed by atoms with Crippen LogP contribution in [-0.2, 0) is 0 Å². The van der Waals surface area contributed by atoms with Crippen LogP contribution in [0.1, 0.15) is 0 Å². The highest BCUT2D eigenvalue weighted by atomic mass is 19.1. The Kier molecular flexibility index (Phi) is 3.69. The Hall–Kier alpha value is -2.62. The van der Waals surface area contributed by atoms with Crippen molar-refractivity contribution in [3.63, 3.8) is 0 Å². The van der Waals surface area contributed by atoms with E-state index in [-0.39, 0.29) is 5.82 Å². The summed E-state index contributed by atoms with van der Waals surface area (Å²) in [7, 11) is 0.